The lowest BCUT2D eigenvalue weighted by Gasteiger charge is -2.37. The normalized spacial score (nSPS) is 27.0. The van der Waals surface area contributed by atoms with Gasteiger partial charge in [0.05, 0.1) is 22.6 Å². The van der Waals surface area contributed by atoms with Crippen molar-refractivity contribution in [2.45, 2.75) is 54.6 Å². The van der Waals surface area contributed by atoms with Gasteiger partial charge in [-0.3, -0.25) is 0 Å². The number of thiophene rings is 1. The lowest BCUT2D eigenvalue weighted by atomic mass is 10.00. The van der Waals surface area contributed by atoms with Crippen molar-refractivity contribution in [3.05, 3.63) is 27.8 Å². The molecule has 10 heteroatoms. The van der Waals surface area contributed by atoms with Gasteiger partial charge in [0, 0.05) is 19.2 Å². The van der Waals surface area contributed by atoms with Gasteiger partial charge >= 0.3 is 0 Å². The predicted octanol–water partition coefficient (Wildman–Crippen LogP) is 2.81. The predicted molar refractivity (Wildman–Crippen MR) is 96.9 cm³/mol. The van der Waals surface area contributed by atoms with E-state index in [0.29, 0.717) is 10.8 Å². The van der Waals surface area contributed by atoms with E-state index in [1.54, 1.807) is 23.5 Å². The van der Waals surface area contributed by atoms with Gasteiger partial charge in [0.15, 0.2) is 0 Å². The van der Waals surface area contributed by atoms with E-state index in [4.69, 9.17) is 4.74 Å². The SMILES string of the molecule is COCc1cn(C2CC3CCC(C2)N3S(=O)(=O)c2ccc(Br)s2)nn1. The third kappa shape index (κ3) is 3.18. The molecule has 2 fully saturated rings. The topological polar surface area (TPSA) is 77.3 Å². The summed E-state index contributed by atoms with van der Waals surface area (Å²) >= 11 is 4.63. The number of halogens is 1. The molecule has 25 heavy (non-hydrogen) atoms. The average molecular weight is 447 g/mol. The smallest absolute Gasteiger partial charge is 0.253 e. The molecule has 2 aromatic heterocycles. The minimum absolute atomic E-state index is 0.0321. The molecular weight excluding hydrogens is 428 g/mol. The summed E-state index contributed by atoms with van der Waals surface area (Å²) in [5.74, 6) is 0. The van der Waals surface area contributed by atoms with E-state index >= 15 is 0 Å². The highest BCUT2D eigenvalue weighted by Crippen LogP contribution is 2.44. The molecule has 2 atom stereocenters. The first-order chi connectivity index (χ1) is 12.0. The number of hydrogen-bond acceptors (Lipinski definition) is 6. The molecule has 4 rings (SSSR count). The van der Waals surface area contributed by atoms with Crippen molar-refractivity contribution in [3.63, 3.8) is 0 Å². The quantitative estimate of drug-likeness (QED) is 0.705. The summed E-state index contributed by atoms with van der Waals surface area (Å²) in [5, 5.41) is 8.34. The summed E-state index contributed by atoms with van der Waals surface area (Å²) in [7, 11) is -1.80. The molecule has 0 saturated carbocycles. The van der Waals surface area contributed by atoms with E-state index in [1.807, 2.05) is 10.9 Å². The van der Waals surface area contributed by atoms with Crippen molar-refractivity contribution >= 4 is 37.3 Å². The van der Waals surface area contributed by atoms with Crippen LogP contribution in [0.4, 0.5) is 0 Å². The second kappa shape index (κ2) is 6.73. The fourth-order valence-corrected chi connectivity index (χ4v) is 7.97. The van der Waals surface area contributed by atoms with Crippen LogP contribution in [-0.2, 0) is 21.4 Å². The number of fused-ring (bicyclic) bond motifs is 2. The van der Waals surface area contributed by atoms with Crippen LogP contribution in [0.25, 0.3) is 0 Å². The summed E-state index contributed by atoms with van der Waals surface area (Å²) in [6, 6.07) is 3.73. The molecule has 136 valence electrons. The molecule has 0 radical (unpaired) electrons. The van der Waals surface area contributed by atoms with E-state index in [2.05, 4.69) is 26.2 Å². The molecule has 0 amide bonds. The van der Waals surface area contributed by atoms with Crippen LogP contribution in [0.1, 0.15) is 37.4 Å². The van der Waals surface area contributed by atoms with Gasteiger partial charge in [0.1, 0.15) is 9.90 Å². The van der Waals surface area contributed by atoms with Gasteiger partial charge in [-0.15, -0.1) is 16.4 Å². The Morgan fingerprint density at radius 1 is 1.28 bits per heavy atom. The fourth-order valence-electron chi connectivity index (χ4n) is 3.96. The van der Waals surface area contributed by atoms with Crippen molar-refractivity contribution in [1.29, 1.82) is 0 Å². The zero-order chi connectivity index (χ0) is 17.6. The molecule has 0 aliphatic carbocycles. The van der Waals surface area contributed by atoms with Crippen LogP contribution in [0, 0.1) is 0 Å². The van der Waals surface area contributed by atoms with Gasteiger partial charge in [0.25, 0.3) is 10.0 Å². The Bertz CT molecular complexity index is 852. The molecule has 2 unspecified atom stereocenters. The lowest BCUT2D eigenvalue weighted by molar-refractivity contribution is 0.180. The van der Waals surface area contributed by atoms with Crippen molar-refractivity contribution in [1.82, 2.24) is 19.3 Å². The van der Waals surface area contributed by atoms with Crippen LogP contribution < -0.4 is 0 Å². The van der Waals surface area contributed by atoms with Gasteiger partial charge < -0.3 is 4.74 Å². The molecule has 2 bridgehead atoms. The van der Waals surface area contributed by atoms with Crippen LogP contribution in [0.2, 0.25) is 0 Å². The molecule has 2 aliphatic heterocycles. The monoisotopic (exact) mass is 446 g/mol. The number of piperidine rings is 1. The number of hydrogen-bond donors (Lipinski definition) is 0. The Morgan fingerprint density at radius 2 is 2.00 bits per heavy atom. The second-order valence-electron chi connectivity index (χ2n) is 6.53. The zero-order valence-corrected chi connectivity index (χ0v) is 16.9. The highest BCUT2D eigenvalue weighted by atomic mass is 79.9. The average Bonchev–Trinajstić information content (AvgIpc) is 3.27. The second-order valence-corrected chi connectivity index (χ2v) is 11.1. The molecule has 2 saturated heterocycles. The van der Waals surface area contributed by atoms with Gasteiger partial charge in [-0.25, -0.2) is 13.1 Å². The number of aromatic nitrogens is 3. The maximum atomic E-state index is 13.1. The third-order valence-electron chi connectivity index (χ3n) is 4.95. The fraction of sp³-hybridized carbons (Fsp3) is 0.600. The summed E-state index contributed by atoms with van der Waals surface area (Å²) < 4.78 is 36.1. The summed E-state index contributed by atoms with van der Waals surface area (Å²) in [4.78, 5) is 0. The van der Waals surface area contributed by atoms with Gasteiger partial charge in [-0.05, 0) is 53.7 Å². The van der Waals surface area contributed by atoms with Crippen molar-refractivity contribution in [2.24, 2.45) is 0 Å². The maximum Gasteiger partial charge on any atom is 0.253 e. The van der Waals surface area contributed by atoms with Crippen LogP contribution in [0.3, 0.4) is 0 Å². The Morgan fingerprint density at radius 3 is 2.60 bits per heavy atom. The minimum atomic E-state index is -3.43. The van der Waals surface area contributed by atoms with Gasteiger partial charge in [0.2, 0.25) is 0 Å². The van der Waals surface area contributed by atoms with E-state index in [1.165, 1.54) is 11.3 Å². The van der Waals surface area contributed by atoms with Crippen LogP contribution in [0.5, 0.6) is 0 Å². The first-order valence-corrected chi connectivity index (χ1v) is 11.2. The van der Waals surface area contributed by atoms with Crippen molar-refractivity contribution in [2.75, 3.05) is 7.11 Å². The van der Waals surface area contributed by atoms with Crippen LogP contribution in [-0.4, -0.2) is 46.9 Å². The molecule has 2 aromatic rings. The number of methoxy groups -OCH3 is 1. The van der Waals surface area contributed by atoms with Gasteiger partial charge in [-0.1, -0.05) is 5.21 Å². The largest absolute Gasteiger partial charge is 0.378 e. The van der Waals surface area contributed by atoms with E-state index in [-0.39, 0.29) is 18.1 Å². The minimum Gasteiger partial charge on any atom is -0.378 e. The Kier molecular flexibility index (Phi) is 4.74. The first kappa shape index (κ1) is 17.6. The molecule has 7 nitrogen and oxygen atoms in total. The Hall–Kier alpha value is -0.810. The number of sulfonamides is 1. The van der Waals surface area contributed by atoms with Crippen molar-refractivity contribution in [3.8, 4) is 0 Å². The van der Waals surface area contributed by atoms with Crippen LogP contribution in [0.15, 0.2) is 26.3 Å². The first-order valence-electron chi connectivity index (χ1n) is 8.17. The van der Waals surface area contributed by atoms with Gasteiger partial charge in [-0.2, -0.15) is 4.31 Å². The standard InChI is InChI=1S/C15H19BrN4O3S2/c1-23-9-10-8-19(18-17-10)13-6-11-2-3-12(7-13)20(11)25(21,22)15-5-4-14(16)24-15/h4-5,8,11-13H,2-3,6-7,9H2,1H3. The molecule has 0 N–H and O–H groups in total. The summed E-state index contributed by atoms with van der Waals surface area (Å²) in [5.41, 5.74) is 0.799. The Balaban J connectivity index is 1.55. The van der Waals surface area contributed by atoms with Crippen molar-refractivity contribution < 1.29 is 13.2 Å². The number of nitrogens with zero attached hydrogens (tertiary/aromatic N) is 4. The highest BCUT2D eigenvalue weighted by molar-refractivity contribution is 9.11. The van der Waals surface area contributed by atoms with E-state index in [0.717, 1.165) is 35.2 Å². The molecule has 4 heterocycles. The molecule has 0 spiro atoms. The van der Waals surface area contributed by atoms with E-state index in [9.17, 15) is 8.42 Å². The Labute approximate surface area is 159 Å². The lowest BCUT2D eigenvalue weighted by Crippen LogP contribution is -2.46. The maximum absolute atomic E-state index is 13.1. The number of rotatable bonds is 5. The highest BCUT2D eigenvalue weighted by Gasteiger charge is 2.48. The summed E-state index contributed by atoms with van der Waals surface area (Å²) in [6.07, 6.45) is 5.28. The van der Waals surface area contributed by atoms with E-state index < -0.39 is 10.0 Å². The molecular formula is C15H19BrN4O3S2. The number of ether oxygens (including phenoxy) is 1. The molecule has 2 aliphatic rings. The van der Waals surface area contributed by atoms with Crippen LogP contribution >= 0.6 is 27.3 Å². The molecule has 0 aromatic carbocycles. The zero-order valence-electron chi connectivity index (χ0n) is 13.7. The summed E-state index contributed by atoms with van der Waals surface area (Å²) in [6.45, 7) is 0.438. The third-order valence-corrected chi connectivity index (χ3v) is 9.04.